The van der Waals surface area contributed by atoms with Crippen molar-refractivity contribution in [1.29, 1.82) is 0 Å². The van der Waals surface area contributed by atoms with Gasteiger partial charge >= 0.3 is 0 Å². The first-order valence-electron chi connectivity index (χ1n) is 25.4. The predicted molar refractivity (Wildman–Crippen MR) is 286 cm³/mol. The molecular formula is C61H86O4. The third-order valence-electron chi connectivity index (χ3n) is 11.6. The molecule has 0 atom stereocenters. The molecule has 0 aliphatic carbocycles. The third-order valence-corrected chi connectivity index (χ3v) is 11.6. The van der Waals surface area contributed by atoms with Gasteiger partial charge in [-0.25, -0.2) is 0 Å². The summed E-state index contributed by atoms with van der Waals surface area (Å²) in [5, 5.41) is 0. The summed E-state index contributed by atoms with van der Waals surface area (Å²) >= 11 is 0. The third kappa shape index (κ3) is 22.7. The van der Waals surface area contributed by atoms with E-state index in [0.717, 1.165) is 84.3 Å². The van der Waals surface area contributed by atoms with Crippen molar-refractivity contribution in [3.05, 3.63) is 129 Å². The maximum Gasteiger partial charge on any atom is 0.127 e. The molecule has 0 radical (unpaired) electrons. The Morgan fingerprint density at radius 3 is 1.02 bits per heavy atom. The maximum atomic E-state index is 6.28. The molecule has 4 heteroatoms. The summed E-state index contributed by atoms with van der Waals surface area (Å²) in [4.78, 5) is 0. The molecule has 0 aliphatic rings. The van der Waals surface area contributed by atoms with Gasteiger partial charge in [-0.05, 0) is 105 Å². The molecule has 0 heterocycles. The quantitative estimate of drug-likeness (QED) is 0.0373. The fourth-order valence-electron chi connectivity index (χ4n) is 7.63. The van der Waals surface area contributed by atoms with Crippen molar-refractivity contribution in [1.82, 2.24) is 0 Å². The number of rotatable bonds is 31. The predicted octanol–water partition coefficient (Wildman–Crippen LogP) is 18.6. The Hall–Kier alpha value is -4.96. The zero-order chi connectivity index (χ0) is 46.7. The van der Waals surface area contributed by atoms with Gasteiger partial charge in [-0.2, -0.15) is 0 Å². The molecule has 0 aliphatic heterocycles. The van der Waals surface area contributed by atoms with E-state index in [0.29, 0.717) is 0 Å². The number of unbranched alkanes of at least 4 members (excludes halogenated alkanes) is 15. The van der Waals surface area contributed by atoms with Crippen LogP contribution in [-0.4, -0.2) is 26.9 Å². The lowest BCUT2D eigenvalue weighted by molar-refractivity contribution is 0.294. The highest BCUT2D eigenvalue weighted by atomic mass is 16.5. The summed E-state index contributed by atoms with van der Waals surface area (Å²) in [5.41, 5.74) is 9.16. The largest absolute Gasteiger partial charge is 0.496 e. The molecule has 4 nitrogen and oxygen atoms in total. The standard InChI is InChI=1S/C34H50O2.C27H36O2/c1-5-8-10-12-14-16-25-35-33-28-32(24-23-31-21-19-30(18-7-3)20-22-31)34(27-29(33)4)36-26-17-15-13-11-9-6-2;1-5-7-8-9-10-11-19-29-27-20-22(3)26(28-4)21-25(27)18-17-24-15-13-23(12-6-2)14-16-24/h7,18-24,27-28H,5-6,8-17,25-26H2,1-4H3;6,12-18,20-21H,5,7-11,19H2,1-4H3/b18-7+,24-23+;12-6+,18-17+. The molecule has 4 rings (SSSR count). The van der Waals surface area contributed by atoms with Gasteiger partial charge in [0.05, 0.1) is 26.9 Å². The normalized spacial score (nSPS) is 11.5. The number of allylic oxidation sites excluding steroid dienone is 2. The Kier molecular flexibility index (Phi) is 28.8. The fourth-order valence-corrected chi connectivity index (χ4v) is 7.63. The Labute approximate surface area is 397 Å². The van der Waals surface area contributed by atoms with Crippen LogP contribution in [0.5, 0.6) is 23.0 Å². The number of hydrogen-bond acceptors (Lipinski definition) is 4. The SMILES string of the molecule is C/C=C/c1ccc(/C=C/c2cc(OC)c(C)cc2OCCCCCCCC)cc1.C/C=C/c1ccc(/C=C/c2cc(OCCCCCCCC)c(C)cc2OCCCCCCCC)cc1. The molecule has 0 aromatic heterocycles. The van der Waals surface area contributed by atoms with Gasteiger partial charge in [-0.15, -0.1) is 0 Å². The molecule has 4 aromatic carbocycles. The molecule has 0 unspecified atom stereocenters. The second-order valence-electron chi connectivity index (χ2n) is 17.4. The summed E-state index contributed by atoms with van der Waals surface area (Å²) in [6, 6.07) is 25.6. The summed E-state index contributed by atoms with van der Waals surface area (Å²) in [6.07, 6.45) is 39.8. The number of ether oxygens (including phenoxy) is 4. The van der Waals surface area contributed by atoms with Crippen LogP contribution in [0.4, 0.5) is 0 Å². The first-order valence-corrected chi connectivity index (χ1v) is 25.4. The van der Waals surface area contributed by atoms with Crippen LogP contribution in [0.2, 0.25) is 0 Å². The van der Waals surface area contributed by atoms with Crippen LogP contribution < -0.4 is 18.9 Å². The smallest absolute Gasteiger partial charge is 0.127 e. The summed E-state index contributed by atoms with van der Waals surface area (Å²) in [7, 11) is 1.71. The monoisotopic (exact) mass is 883 g/mol. The second kappa shape index (κ2) is 34.4. The highest BCUT2D eigenvalue weighted by Crippen LogP contribution is 2.32. The van der Waals surface area contributed by atoms with Gasteiger partial charge in [0.15, 0.2) is 0 Å². The van der Waals surface area contributed by atoms with Crippen LogP contribution in [0.25, 0.3) is 36.5 Å². The molecule has 0 spiro atoms. The van der Waals surface area contributed by atoms with Crippen LogP contribution in [0.1, 0.15) is 195 Å². The summed E-state index contributed by atoms with van der Waals surface area (Å²) < 4.78 is 24.2. The molecule has 0 saturated heterocycles. The van der Waals surface area contributed by atoms with E-state index in [1.807, 2.05) is 13.8 Å². The molecule has 0 N–H and O–H groups in total. The van der Waals surface area contributed by atoms with Crippen molar-refractivity contribution < 1.29 is 18.9 Å². The molecule has 0 fully saturated rings. The fraction of sp³-hybridized carbons (Fsp3) is 0.475. The minimum atomic E-state index is 0.761. The Bertz CT molecular complexity index is 1960. The number of hydrogen-bond donors (Lipinski definition) is 0. The lowest BCUT2D eigenvalue weighted by atomic mass is 10.1. The topological polar surface area (TPSA) is 36.9 Å². The van der Waals surface area contributed by atoms with Crippen LogP contribution in [0.15, 0.2) is 84.9 Å². The van der Waals surface area contributed by atoms with E-state index >= 15 is 0 Å². The molecule has 354 valence electrons. The van der Waals surface area contributed by atoms with Crippen molar-refractivity contribution in [3.8, 4) is 23.0 Å². The van der Waals surface area contributed by atoms with Crippen LogP contribution in [0, 0.1) is 13.8 Å². The first-order chi connectivity index (χ1) is 31.8. The summed E-state index contributed by atoms with van der Waals surface area (Å²) in [6.45, 7) is 17.3. The lowest BCUT2D eigenvalue weighted by Crippen LogP contribution is -2.02. The zero-order valence-corrected chi connectivity index (χ0v) is 42.0. The van der Waals surface area contributed by atoms with Gasteiger partial charge in [-0.1, -0.05) is 214 Å². The summed E-state index contributed by atoms with van der Waals surface area (Å²) in [5.74, 6) is 3.74. The van der Waals surface area contributed by atoms with Crippen molar-refractivity contribution >= 4 is 36.5 Å². The van der Waals surface area contributed by atoms with Crippen LogP contribution >= 0.6 is 0 Å². The maximum absolute atomic E-state index is 6.28. The van der Waals surface area contributed by atoms with Crippen molar-refractivity contribution in [3.63, 3.8) is 0 Å². The minimum absolute atomic E-state index is 0.761. The van der Waals surface area contributed by atoms with E-state index in [4.69, 9.17) is 18.9 Å². The van der Waals surface area contributed by atoms with E-state index < -0.39 is 0 Å². The number of benzene rings is 4. The minimum Gasteiger partial charge on any atom is -0.496 e. The van der Waals surface area contributed by atoms with Crippen molar-refractivity contribution in [2.45, 2.75) is 164 Å². The van der Waals surface area contributed by atoms with Crippen LogP contribution in [-0.2, 0) is 0 Å². The van der Waals surface area contributed by atoms with E-state index in [1.165, 1.54) is 119 Å². The number of methoxy groups -OCH3 is 1. The average molecular weight is 883 g/mol. The van der Waals surface area contributed by atoms with Gasteiger partial charge in [-0.3, -0.25) is 0 Å². The van der Waals surface area contributed by atoms with Gasteiger partial charge in [0.2, 0.25) is 0 Å². The van der Waals surface area contributed by atoms with E-state index in [-0.39, 0.29) is 0 Å². The van der Waals surface area contributed by atoms with E-state index in [9.17, 15) is 0 Å². The highest BCUT2D eigenvalue weighted by Gasteiger charge is 2.10. The zero-order valence-electron chi connectivity index (χ0n) is 42.0. The second-order valence-corrected chi connectivity index (χ2v) is 17.4. The highest BCUT2D eigenvalue weighted by molar-refractivity contribution is 5.75. The van der Waals surface area contributed by atoms with Gasteiger partial charge in [0.1, 0.15) is 23.0 Å². The Morgan fingerprint density at radius 2 is 0.662 bits per heavy atom. The first kappa shape index (κ1) is 54.4. The van der Waals surface area contributed by atoms with Gasteiger partial charge in [0.25, 0.3) is 0 Å². The van der Waals surface area contributed by atoms with E-state index in [2.05, 4.69) is 156 Å². The van der Waals surface area contributed by atoms with Gasteiger partial charge in [0, 0.05) is 11.1 Å². The molecule has 65 heavy (non-hydrogen) atoms. The molecule has 0 bridgehead atoms. The van der Waals surface area contributed by atoms with E-state index in [1.54, 1.807) is 7.11 Å². The van der Waals surface area contributed by atoms with Crippen LogP contribution in [0.3, 0.4) is 0 Å². The Morgan fingerprint density at radius 1 is 0.354 bits per heavy atom. The Balaban J connectivity index is 0.000000353. The van der Waals surface area contributed by atoms with Gasteiger partial charge < -0.3 is 18.9 Å². The molecule has 4 aromatic rings. The van der Waals surface area contributed by atoms with Crippen molar-refractivity contribution in [2.24, 2.45) is 0 Å². The van der Waals surface area contributed by atoms with Crippen molar-refractivity contribution in [2.75, 3.05) is 26.9 Å². The molecule has 0 amide bonds. The average Bonchev–Trinajstić information content (AvgIpc) is 3.31. The molecule has 0 saturated carbocycles. The lowest BCUT2D eigenvalue weighted by Gasteiger charge is -2.15. The number of aryl methyl sites for hydroxylation is 2. The molecular weight excluding hydrogens is 797 g/mol.